The highest BCUT2D eigenvalue weighted by molar-refractivity contribution is 7.99. The predicted octanol–water partition coefficient (Wildman–Crippen LogP) is 5.91. The third-order valence-corrected chi connectivity index (χ3v) is 7.92. The number of hydrogen-bond donors (Lipinski definition) is 1. The van der Waals surface area contributed by atoms with Gasteiger partial charge in [-0.2, -0.15) is 5.10 Å². The van der Waals surface area contributed by atoms with Crippen molar-refractivity contribution in [1.29, 1.82) is 0 Å². The second kappa shape index (κ2) is 11.6. The molecule has 0 aliphatic rings. The monoisotopic (exact) mass is 561 g/mol. The van der Waals surface area contributed by atoms with Crippen LogP contribution in [0.3, 0.4) is 0 Å². The van der Waals surface area contributed by atoms with E-state index >= 15 is 0 Å². The summed E-state index contributed by atoms with van der Waals surface area (Å²) in [5.74, 6) is 0.343. The number of amides is 1. The molecule has 11 heteroatoms. The van der Waals surface area contributed by atoms with Crippen molar-refractivity contribution in [2.75, 3.05) is 5.75 Å². The summed E-state index contributed by atoms with van der Waals surface area (Å²) < 4.78 is 8.34. The largest absolute Gasteiger partial charge is 0.422 e. The van der Waals surface area contributed by atoms with Gasteiger partial charge in [-0.1, -0.05) is 71.9 Å². The van der Waals surface area contributed by atoms with Crippen LogP contribution in [0.5, 0.6) is 5.75 Å². The average molecular weight is 562 g/mol. The second-order valence-electron chi connectivity index (χ2n) is 7.99. The van der Waals surface area contributed by atoms with Crippen molar-refractivity contribution in [2.24, 2.45) is 5.10 Å². The Labute approximate surface area is 231 Å². The summed E-state index contributed by atoms with van der Waals surface area (Å²) in [6.07, 6.45) is 1.48. The van der Waals surface area contributed by atoms with Crippen LogP contribution in [-0.4, -0.2) is 38.6 Å². The summed E-state index contributed by atoms with van der Waals surface area (Å²) in [5, 5.41) is 14.1. The molecule has 0 aliphatic carbocycles. The van der Waals surface area contributed by atoms with Gasteiger partial charge in [-0.25, -0.2) is 10.2 Å². The third kappa shape index (κ3) is 5.77. The summed E-state index contributed by atoms with van der Waals surface area (Å²) in [7, 11) is 0. The molecule has 190 valence electrons. The van der Waals surface area contributed by atoms with Crippen LogP contribution in [0.25, 0.3) is 15.8 Å². The Hall–Kier alpha value is -3.99. The van der Waals surface area contributed by atoms with E-state index in [0.717, 1.165) is 21.6 Å². The number of carbonyl (C=O) groups excluding carboxylic acids is 2. The number of hydrazone groups is 1. The van der Waals surface area contributed by atoms with Gasteiger partial charge >= 0.3 is 5.97 Å². The van der Waals surface area contributed by atoms with Gasteiger partial charge in [0.05, 0.1) is 17.0 Å². The molecule has 0 saturated carbocycles. The molecular weight excluding hydrogens is 542 g/mol. The van der Waals surface area contributed by atoms with Gasteiger partial charge in [0.15, 0.2) is 5.16 Å². The van der Waals surface area contributed by atoms with Crippen molar-refractivity contribution in [1.82, 2.24) is 20.2 Å². The van der Waals surface area contributed by atoms with Crippen molar-refractivity contribution in [3.63, 3.8) is 0 Å². The first kappa shape index (κ1) is 25.7. The molecule has 2 heterocycles. The van der Waals surface area contributed by atoms with E-state index in [1.54, 1.807) is 24.3 Å². The molecule has 0 bridgehead atoms. The number of halogens is 1. The molecule has 3 aromatic carbocycles. The molecule has 2 aromatic heterocycles. The quantitative estimate of drug-likeness (QED) is 0.0832. The lowest BCUT2D eigenvalue weighted by atomic mass is 10.2. The maximum absolute atomic E-state index is 12.7. The molecule has 1 amide bonds. The molecule has 0 aliphatic heterocycles. The molecule has 0 atom stereocenters. The number of para-hydroxylation sites is 1. The third-order valence-electron chi connectivity index (χ3n) is 5.33. The van der Waals surface area contributed by atoms with Crippen LogP contribution in [0.1, 0.15) is 21.1 Å². The van der Waals surface area contributed by atoms with Crippen molar-refractivity contribution in [2.45, 2.75) is 12.1 Å². The Morgan fingerprint density at radius 3 is 2.68 bits per heavy atom. The number of hydrogen-bond acceptors (Lipinski definition) is 8. The van der Waals surface area contributed by atoms with Crippen molar-refractivity contribution in [3.05, 3.63) is 100 Å². The molecule has 38 heavy (non-hydrogen) atoms. The average Bonchev–Trinajstić information content (AvgIpc) is 3.47. The van der Waals surface area contributed by atoms with Gasteiger partial charge in [-0.15, -0.1) is 21.5 Å². The van der Waals surface area contributed by atoms with Gasteiger partial charge in [-0.3, -0.25) is 9.36 Å². The number of ether oxygens (including phenoxy) is 1. The molecule has 0 unspecified atom stereocenters. The topological polar surface area (TPSA) is 98.5 Å². The first-order valence-corrected chi connectivity index (χ1v) is 13.6. The number of fused-ring (bicyclic) bond motifs is 1. The minimum atomic E-state index is -0.533. The van der Waals surface area contributed by atoms with E-state index in [1.165, 1.54) is 29.3 Å². The Morgan fingerprint density at radius 2 is 1.87 bits per heavy atom. The minimum Gasteiger partial charge on any atom is -0.422 e. The molecule has 5 rings (SSSR count). The van der Waals surface area contributed by atoms with Gasteiger partial charge in [0.25, 0.3) is 5.91 Å². The van der Waals surface area contributed by atoms with Crippen molar-refractivity contribution < 1.29 is 14.3 Å². The Balaban J connectivity index is 1.17. The molecule has 1 N–H and O–H groups in total. The number of rotatable bonds is 8. The molecule has 0 spiro atoms. The summed E-state index contributed by atoms with van der Waals surface area (Å²) in [5.41, 5.74) is 4.07. The number of thiophene rings is 1. The van der Waals surface area contributed by atoms with E-state index in [1.807, 2.05) is 66.1 Å². The Bertz CT molecular complexity index is 1650. The highest BCUT2D eigenvalue weighted by Crippen LogP contribution is 2.35. The fourth-order valence-corrected chi connectivity index (χ4v) is 5.78. The molecule has 0 fully saturated rings. The Morgan fingerprint density at radius 1 is 1.08 bits per heavy atom. The number of benzene rings is 3. The van der Waals surface area contributed by atoms with Crippen LogP contribution in [0, 0.1) is 6.92 Å². The van der Waals surface area contributed by atoms with E-state index in [4.69, 9.17) is 16.3 Å². The minimum absolute atomic E-state index is 0.107. The fourth-order valence-electron chi connectivity index (χ4n) is 3.61. The molecular formula is C27H20ClN5O3S2. The molecule has 5 aromatic rings. The number of thioether (sulfide) groups is 1. The van der Waals surface area contributed by atoms with Crippen LogP contribution in [0.4, 0.5) is 0 Å². The lowest BCUT2D eigenvalue weighted by Gasteiger charge is -2.07. The summed E-state index contributed by atoms with van der Waals surface area (Å²) in [4.78, 5) is 25.4. The summed E-state index contributed by atoms with van der Waals surface area (Å²) in [6, 6.07) is 24.0. The Kier molecular flexibility index (Phi) is 7.83. The SMILES string of the molecule is Cc1nnc(SCC(=O)N/N=C\c2cccc(OC(=O)c3sc4ccccc4c3Cl)c2)n1-c1ccccc1. The number of carbonyl (C=O) groups is 2. The first-order chi connectivity index (χ1) is 18.5. The van der Waals surface area contributed by atoms with Crippen molar-refractivity contribution >= 4 is 62.9 Å². The predicted molar refractivity (Wildman–Crippen MR) is 151 cm³/mol. The van der Waals surface area contributed by atoms with E-state index in [2.05, 4.69) is 20.7 Å². The van der Waals surface area contributed by atoms with Gasteiger partial charge in [-0.05, 0) is 42.8 Å². The van der Waals surface area contributed by atoms with Gasteiger partial charge in [0, 0.05) is 15.8 Å². The summed E-state index contributed by atoms with van der Waals surface area (Å²) >= 11 is 8.94. The van der Waals surface area contributed by atoms with Crippen LogP contribution in [-0.2, 0) is 4.79 Å². The van der Waals surface area contributed by atoms with E-state index in [9.17, 15) is 9.59 Å². The second-order valence-corrected chi connectivity index (χ2v) is 10.4. The maximum Gasteiger partial charge on any atom is 0.355 e. The number of nitrogens with one attached hydrogen (secondary N) is 1. The fraction of sp³-hybridized carbons (Fsp3) is 0.0741. The van der Waals surface area contributed by atoms with E-state index in [0.29, 0.717) is 26.4 Å². The van der Waals surface area contributed by atoms with E-state index < -0.39 is 5.97 Å². The number of aromatic nitrogens is 3. The lowest BCUT2D eigenvalue weighted by Crippen LogP contribution is -2.20. The number of nitrogens with zero attached hydrogens (tertiary/aromatic N) is 4. The van der Waals surface area contributed by atoms with Crippen LogP contribution < -0.4 is 10.2 Å². The number of esters is 1. The zero-order valence-electron chi connectivity index (χ0n) is 20.0. The zero-order valence-corrected chi connectivity index (χ0v) is 22.4. The van der Waals surface area contributed by atoms with Crippen molar-refractivity contribution in [3.8, 4) is 11.4 Å². The molecule has 0 saturated heterocycles. The smallest absolute Gasteiger partial charge is 0.355 e. The first-order valence-electron chi connectivity index (χ1n) is 11.4. The normalized spacial score (nSPS) is 11.2. The lowest BCUT2D eigenvalue weighted by molar-refractivity contribution is -0.118. The zero-order chi connectivity index (χ0) is 26.5. The van der Waals surface area contributed by atoms with Crippen LogP contribution in [0.15, 0.2) is 89.1 Å². The summed E-state index contributed by atoms with van der Waals surface area (Å²) in [6.45, 7) is 1.86. The molecule has 8 nitrogen and oxygen atoms in total. The standard InChI is InChI=1S/C27H20ClN5O3S2/c1-17-30-32-27(33(17)19-9-3-2-4-10-19)37-16-23(34)31-29-15-18-8-7-11-20(14-18)36-26(35)25-24(28)21-12-5-6-13-22(21)38-25/h2-15H,16H2,1H3,(H,31,34)/b29-15-. The number of aryl methyl sites for hydroxylation is 1. The van der Waals surface area contributed by atoms with Crippen LogP contribution >= 0.6 is 34.7 Å². The highest BCUT2D eigenvalue weighted by Gasteiger charge is 2.19. The highest BCUT2D eigenvalue weighted by atomic mass is 35.5. The molecule has 0 radical (unpaired) electrons. The van der Waals surface area contributed by atoms with Crippen LogP contribution in [0.2, 0.25) is 5.02 Å². The van der Waals surface area contributed by atoms with E-state index in [-0.39, 0.29) is 11.7 Å². The van der Waals surface area contributed by atoms with Gasteiger partial charge in [0.1, 0.15) is 16.5 Å². The maximum atomic E-state index is 12.7. The van der Waals surface area contributed by atoms with Gasteiger partial charge in [0.2, 0.25) is 0 Å². The van der Waals surface area contributed by atoms with Gasteiger partial charge < -0.3 is 4.74 Å².